The third kappa shape index (κ3) is 5.04. The van der Waals surface area contributed by atoms with Gasteiger partial charge in [0.15, 0.2) is 0 Å². The summed E-state index contributed by atoms with van der Waals surface area (Å²) in [7, 11) is 1.60. The Balaban J connectivity index is 3.46. The molecule has 0 radical (unpaired) electrons. The number of methoxy groups -OCH3 is 1. The van der Waals surface area contributed by atoms with Crippen molar-refractivity contribution in [1.29, 1.82) is 0 Å². The van der Waals surface area contributed by atoms with E-state index in [4.69, 9.17) is 16.3 Å². The van der Waals surface area contributed by atoms with Gasteiger partial charge in [-0.25, -0.2) is 0 Å². The van der Waals surface area contributed by atoms with Crippen molar-refractivity contribution in [1.82, 2.24) is 5.32 Å². The Kier molecular flexibility index (Phi) is 5.24. The minimum Gasteiger partial charge on any atom is -0.380 e. The highest BCUT2D eigenvalue weighted by atomic mass is 35.5. The van der Waals surface area contributed by atoms with Crippen molar-refractivity contribution in [2.45, 2.75) is 25.3 Å². The molecule has 0 aromatic carbocycles. The molecule has 11 heavy (non-hydrogen) atoms. The van der Waals surface area contributed by atoms with Crippen molar-refractivity contribution in [3.8, 4) is 0 Å². The molecule has 3 nitrogen and oxygen atoms in total. The van der Waals surface area contributed by atoms with Gasteiger partial charge in [-0.05, 0) is 13.8 Å². The number of hydrogen-bond donors (Lipinski definition) is 1. The molecular formula is C7H14ClNO2. The molecule has 4 heteroatoms. The smallest absolute Gasteiger partial charge is 0.237 e. The van der Waals surface area contributed by atoms with Gasteiger partial charge in [0.25, 0.3) is 0 Å². The predicted octanol–water partition coefficient (Wildman–Crippen LogP) is 0.765. The van der Waals surface area contributed by atoms with Crippen molar-refractivity contribution in [3.05, 3.63) is 0 Å². The molecule has 0 fully saturated rings. The van der Waals surface area contributed by atoms with Crippen LogP contribution < -0.4 is 5.32 Å². The van der Waals surface area contributed by atoms with Crippen molar-refractivity contribution in [2.24, 2.45) is 0 Å². The Labute approximate surface area is 72.1 Å². The Morgan fingerprint density at radius 3 is 2.55 bits per heavy atom. The van der Waals surface area contributed by atoms with Crippen LogP contribution in [0, 0.1) is 0 Å². The van der Waals surface area contributed by atoms with Crippen LogP contribution in [0.25, 0.3) is 0 Å². The monoisotopic (exact) mass is 179 g/mol. The lowest BCUT2D eigenvalue weighted by atomic mass is 10.3. The van der Waals surface area contributed by atoms with Gasteiger partial charge in [-0.15, -0.1) is 11.6 Å². The molecule has 0 spiro atoms. The van der Waals surface area contributed by atoms with Gasteiger partial charge in [0.2, 0.25) is 5.91 Å². The number of amides is 1. The van der Waals surface area contributed by atoms with E-state index >= 15 is 0 Å². The number of carbonyl (C=O) groups excluding carboxylic acids is 1. The summed E-state index contributed by atoms with van der Waals surface area (Å²) in [5.41, 5.74) is 0. The highest BCUT2D eigenvalue weighted by Gasteiger charge is 2.09. The number of halogens is 1. The van der Waals surface area contributed by atoms with E-state index in [-0.39, 0.29) is 12.0 Å². The molecular weight excluding hydrogens is 166 g/mol. The Morgan fingerprint density at radius 2 is 2.18 bits per heavy atom. The average molecular weight is 180 g/mol. The lowest BCUT2D eigenvalue weighted by molar-refractivity contribution is -0.120. The maximum absolute atomic E-state index is 10.9. The lowest BCUT2D eigenvalue weighted by Gasteiger charge is -2.11. The topological polar surface area (TPSA) is 38.3 Å². The predicted molar refractivity (Wildman–Crippen MR) is 44.8 cm³/mol. The van der Waals surface area contributed by atoms with Crippen LogP contribution in [0.5, 0.6) is 0 Å². The van der Waals surface area contributed by atoms with Gasteiger partial charge in [0, 0.05) is 13.7 Å². The second-order valence-corrected chi connectivity index (χ2v) is 3.06. The first kappa shape index (κ1) is 10.7. The summed E-state index contributed by atoms with van der Waals surface area (Å²) in [5.74, 6) is -0.157. The summed E-state index contributed by atoms with van der Waals surface area (Å²) < 4.78 is 4.92. The summed E-state index contributed by atoms with van der Waals surface area (Å²) in [6.45, 7) is 4.01. The first-order valence-electron chi connectivity index (χ1n) is 3.52. The van der Waals surface area contributed by atoms with E-state index in [0.29, 0.717) is 6.54 Å². The molecule has 2 atom stereocenters. The largest absolute Gasteiger partial charge is 0.380 e. The van der Waals surface area contributed by atoms with Crippen LogP contribution in [0.2, 0.25) is 0 Å². The van der Waals surface area contributed by atoms with Gasteiger partial charge < -0.3 is 10.1 Å². The normalized spacial score (nSPS) is 15.6. The Bertz CT molecular complexity index is 128. The molecule has 0 aliphatic heterocycles. The molecule has 0 rings (SSSR count). The fraction of sp³-hybridized carbons (Fsp3) is 0.857. The van der Waals surface area contributed by atoms with E-state index in [0.717, 1.165) is 0 Å². The maximum Gasteiger partial charge on any atom is 0.237 e. The van der Waals surface area contributed by atoms with Gasteiger partial charge in [0.1, 0.15) is 5.38 Å². The maximum atomic E-state index is 10.9. The van der Waals surface area contributed by atoms with Crippen molar-refractivity contribution < 1.29 is 9.53 Å². The van der Waals surface area contributed by atoms with Gasteiger partial charge in [-0.3, -0.25) is 4.79 Å². The zero-order valence-corrected chi connectivity index (χ0v) is 7.81. The van der Waals surface area contributed by atoms with Crippen molar-refractivity contribution in [3.63, 3.8) is 0 Å². The molecule has 0 aromatic rings. The quantitative estimate of drug-likeness (QED) is 0.648. The number of nitrogens with one attached hydrogen (secondary N) is 1. The van der Waals surface area contributed by atoms with E-state index in [1.807, 2.05) is 6.92 Å². The van der Waals surface area contributed by atoms with Gasteiger partial charge in [-0.2, -0.15) is 0 Å². The summed E-state index contributed by atoms with van der Waals surface area (Å²) in [6, 6.07) is 0. The second-order valence-electron chi connectivity index (χ2n) is 2.41. The fourth-order valence-electron chi connectivity index (χ4n) is 0.468. The standard InChI is InChI=1S/C7H14ClNO2/c1-5(11-3)4-9-7(10)6(2)8/h5-6H,4H2,1-3H3,(H,9,10). The SMILES string of the molecule is COC(C)CNC(=O)C(C)Cl. The van der Waals surface area contributed by atoms with Crippen LogP contribution >= 0.6 is 11.6 Å². The number of alkyl halides is 1. The molecule has 0 bridgehead atoms. The number of ether oxygens (including phenoxy) is 1. The molecule has 1 N–H and O–H groups in total. The average Bonchev–Trinajstić information content (AvgIpc) is 1.99. The van der Waals surface area contributed by atoms with Crippen molar-refractivity contribution in [2.75, 3.05) is 13.7 Å². The molecule has 0 aliphatic carbocycles. The number of hydrogen-bond acceptors (Lipinski definition) is 2. The third-order valence-electron chi connectivity index (χ3n) is 1.33. The van der Waals surface area contributed by atoms with Crippen LogP contribution in [0.3, 0.4) is 0 Å². The van der Waals surface area contributed by atoms with Crippen LogP contribution in [-0.2, 0) is 9.53 Å². The van der Waals surface area contributed by atoms with Crippen LogP contribution in [0.4, 0.5) is 0 Å². The zero-order chi connectivity index (χ0) is 8.85. The van der Waals surface area contributed by atoms with Crippen LogP contribution in [0.15, 0.2) is 0 Å². The zero-order valence-electron chi connectivity index (χ0n) is 7.06. The molecule has 0 saturated carbocycles. The molecule has 2 unspecified atom stereocenters. The van der Waals surface area contributed by atoms with E-state index in [9.17, 15) is 4.79 Å². The molecule has 0 aliphatic rings. The van der Waals surface area contributed by atoms with E-state index in [1.54, 1.807) is 14.0 Å². The minimum absolute atomic E-state index is 0.0365. The van der Waals surface area contributed by atoms with Gasteiger partial charge >= 0.3 is 0 Å². The fourth-order valence-corrected chi connectivity index (χ4v) is 0.545. The number of rotatable bonds is 4. The molecule has 0 saturated heterocycles. The summed E-state index contributed by atoms with van der Waals surface area (Å²) >= 11 is 5.50. The Hall–Kier alpha value is -0.280. The highest BCUT2D eigenvalue weighted by Crippen LogP contribution is 1.92. The number of carbonyl (C=O) groups is 1. The summed E-state index contributed by atoms with van der Waals surface area (Å²) in [6.07, 6.45) is 0.0365. The van der Waals surface area contributed by atoms with Crippen LogP contribution in [-0.4, -0.2) is 31.0 Å². The molecule has 0 heterocycles. The van der Waals surface area contributed by atoms with Crippen LogP contribution in [0.1, 0.15) is 13.8 Å². The lowest BCUT2D eigenvalue weighted by Crippen LogP contribution is -2.35. The third-order valence-corrected chi connectivity index (χ3v) is 1.53. The second kappa shape index (κ2) is 5.38. The van der Waals surface area contributed by atoms with E-state index in [2.05, 4.69) is 5.32 Å². The summed E-state index contributed by atoms with van der Waals surface area (Å²) in [4.78, 5) is 10.9. The van der Waals surface area contributed by atoms with Gasteiger partial charge in [0.05, 0.1) is 6.10 Å². The van der Waals surface area contributed by atoms with E-state index < -0.39 is 5.38 Å². The van der Waals surface area contributed by atoms with E-state index in [1.165, 1.54) is 0 Å². The summed E-state index contributed by atoms with van der Waals surface area (Å²) in [5, 5.41) is 2.16. The Morgan fingerprint density at radius 1 is 1.64 bits per heavy atom. The minimum atomic E-state index is -0.473. The van der Waals surface area contributed by atoms with Crippen molar-refractivity contribution >= 4 is 17.5 Å². The first-order chi connectivity index (χ1) is 5.07. The highest BCUT2D eigenvalue weighted by molar-refractivity contribution is 6.30. The van der Waals surface area contributed by atoms with Gasteiger partial charge in [-0.1, -0.05) is 0 Å². The molecule has 0 aromatic heterocycles. The molecule has 66 valence electrons. The first-order valence-corrected chi connectivity index (χ1v) is 3.96. The molecule has 1 amide bonds.